The Balaban J connectivity index is 2.25. The van der Waals surface area contributed by atoms with E-state index < -0.39 is 0 Å². The highest BCUT2D eigenvalue weighted by Gasteiger charge is 2.16. The number of rotatable bonds is 3. The second-order valence-electron chi connectivity index (χ2n) is 3.17. The van der Waals surface area contributed by atoms with Gasteiger partial charge in [-0.25, -0.2) is 0 Å². The molecule has 0 spiro atoms. The van der Waals surface area contributed by atoms with Crippen LogP contribution in [-0.2, 0) is 0 Å². The molecule has 0 aliphatic heterocycles. The second kappa shape index (κ2) is 3.77. The first-order chi connectivity index (χ1) is 4.84. The molecule has 0 aromatic carbocycles. The number of hydrogen-bond acceptors (Lipinski definition) is 1. The monoisotopic (exact) mass is 139 g/mol. The van der Waals surface area contributed by atoms with Gasteiger partial charge in [-0.2, -0.15) is 0 Å². The molecular weight excluding hydrogens is 122 g/mol. The van der Waals surface area contributed by atoms with Crippen molar-refractivity contribution in [3.05, 3.63) is 12.2 Å². The Morgan fingerprint density at radius 3 is 2.60 bits per heavy atom. The minimum Gasteiger partial charge on any atom is -0.316 e. The Kier molecular flexibility index (Phi) is 2.94. The zero-order valence-corrected chi connectivity index (χ0v) is 6.82. The summed E-state index contributed by atoms with van der Waals surface area (Å²) in [4.78, 5) is 0. The number of nitrogens with one attached hydrogen (secondary N) is 1. The Bertz CT molecular complexity index is 112. The number of likely N-dealkylation sites (N-methyl/N-ethyl adjacent to an activating group) is 1. The number of hydrogen-bond donors (Lipinski definition) is 1. The lowest BCUT2D eigenvalue weighted by Gasteiger charge is -2.11. The van der Waals surface area contributed by atoms with Gasteiger partial charge in [0.15, 0.2) is 0 Å². The van der Waals surface area contributed by atoms with Crippen LogP contribution in [0.1, 0.15) is 25.7 Å². The fourth-order valence-corrected chi connectivity index (χ4v) is 1.71. The predicted molar refractivity (Wildman–Crippen MR) is 45.0 cm³/mol. The first-order valence-electron chi connectivity index (χ1n) is 4.17. The van der Waals surface area contributed by atoms with Crippen molar-refractivity contribution in [2.45, 2.75) is 25.7 Å². The molecule has 1 N–H and O–H groups in total. The maximum absolute atomic E-state index is 4.06. The summed E-state index contributed by atoms with van der Waals surface area (Å²) in [5.41, 5.74) is 1.40. The van der Waals surface area contributed by atoms with Crippen LogP contribution >= 0.6 is 0 Å². The van der Waals surface area contributed by atoms with Crippen molar-refractivity contribution >= 4 is 0 Å². The van der Waals surface area contributed by atoms with Crippen molar-refractivity contribution in [1.82, 2.24) is 5.32 Å². The van der Waals surface area contributed by atoms with E-state index in [1.165, 1.54) is 31.3 Å². The van der Waals surface area contributed by atoms with Gasteiger partial charge in [0.1, 0.15) is 0 Å². The fourth-order valence-electron chi connectivity index (χ4n) is 1.71. The van der Waals surface area contributed by atoms with Gasteiger partial charge in [-0.05, 0) is 25.8 Å². The molecule has 1 rings (SSSR count). The van der Waals surface area contributed by atoms with Gasteiger partial charge in [-0.3, -0.25) is 0 Å². The van der Waals surface area contributed by atoms with E-state index in [-0.39, 0.29) is 0 Å². The summed E-state index contributed by atoms with van der Waals surface area (Å²) in [6.45, 7) is 5.07. The molecule has 0 atom stereocenters. The van der Waals surface area contributed by atoms with Crippen LogP contribution in [0.15, 0.2) is 12.2 Å². The van der Waals surface area contributed by atoms with Crippen LogP contribution in [0.3, 0.4) is 0 Å². The van der Waals surface area contributed by atoms with Gasteiger partial charge in [-0.15, -0.1) is 0 Å². The molecule has 1 nitrogen and oxygen atoms in total. The highest BCUT2D eigenvalue weighted by Crippen LogP contribution is 2.29. The predicted octanol–water partition coefficient (Wildman–Crippen LogP) is 1.95. The summed E-state index contributed by atoms with van der Waals surface area (Å²) in [6.07, 6.45) is 5.57. The lowest BCUT2D eigenvalue weighted by molar-refractivity contribution is 0.615. The van der Waals surface area contributed by atoms with Gasteiger partial charge < -0.3 is 5.32 Å². The van der Waals surface area contributed by atoms with Crippen LogP contribution in [0.5, 0.6) is 0 Å². The molecule has 0 amide bonds. The van der Waals surface area contributed by atoms with Crippen molar-refractivity contribution < 1.29 is 0 Å². The third kappa shape index (κ3) is 1.84. The third-order valence-corrected chi connectivity index (χ3v) is 2.34. The lowest BCUT2D eigenvalue weighted by Crippen LogP contribution is -2.14. The van der Waals surface area contributed by atoms with Gasteiger partial charge in [0.25, 0.3) is 0 Å². The minimum absolute atomic E-state index is 0.826. The molecule has 1 fully saturated rings. The van der Waals surface area contributed by atoms with E-state index in [2.05, 4.69) is 11.9 Å². The summed E-state index contributed by atoms with van der Waals surface area (Å²) in [7, 11) is 1.99. The fraction of sp³-hybridized carbons (Fsp3) is 0.778. The van der Waals surface area contributed by atoms with Crippen LogP contribution < -0.4 is 5.32 Å². The van der Waals surface area contributed by atoms with Gasteiger partial charge in [-0.1, -0.05) is 25.0 Å². The molecule has 1 aliphatic rings. The molecular formula is C9H17N. The van der Waals surface area contributed by atoms with Crippen molar-refractivity contribution in [2.24, 2.45) is 5.92 Å². The summed E-state index contributed by atoms with van der Waals surface area (Å²) in [6, 6.07) is 0. The Morgan fingerprint density at radius 2 is 2.10 bits per heavy atom. The highest BCUT2D eigenvalue weighted by atomic mass is 14.8. The van der Waals surface area contributed by atoms with Crippen LogP contribution in [0, 0.1) is 5.92 Å². The van der Waals surface area contributed by atoms with Crippen molar-refractivity contribution in [2.75, 3.05) is 13.6 Å². The second-order valence-corrected chi connectivity index (χ2v) is 3.17. The normalized spacial score (nSPS) is 19.7. The molecule has 1 saturated carbocycles. The molecule has 58 valence electrons. The quantitative estimate of drug-likeness (QED) is 0.589. The van der Waals surface area contributed by atoms with Crippen LogP contribution in [0.2, 0.25) is 0 Å². The smallest absolute Gasteiger partial charge is 0.0161 e. The first-order valence-corrected chi connectivity index (χ1v) is 4.17. The van der Waals surface area contributed by atoms with Gasteiger partial charge in [0.2, 0.25) is 0 Å². The Hall–Kier alpha value is -0.300. The van der Waals surface area contributed by atoms with E-state index in [4.69, 9.17) is 0 Å². The largest absolute Gasteiger partial charge is 0.316 e. The average Bonchev–Trinajstić information content (AvgIpc) is 2.38. The molecule has 0 unspecified atom stereocenters. The van der Waals surface area contributed by atoms with Gasteiger partial charge in [0, 0.05) is 6.54 Å². The third-order valence-electron chi connectivity index (χ3n) is 2.34. The first kappa shape index (κ1) is 7.80. The van der Waals surface area contributed by atoms with Crippen molar-refractivity contribution in [1.29, 1.82) is 0 Å². The molecule has 1 heteroatoms. The van der Waals surface area contributed by atoms with Crippen molar-refractivity contribution in [3.8, 4) is 0 Å². The molecule has 0 saturated heterocycles. The van der Waals surface area contributed by atoms with E-state index in [1.54, 1.807) is 0 Å². The van der Waals surface area contributed by atoms with Gasteiger partial charge in [0.05, 0.1) is 0 Å². The topological polar surface area (TPSA) is 12.0 Å². The zero-order chi connectivity index (χ0) is 7.40. The Morgan fingerprint density at radius 1 is 1.50 bits per heavy atom. The Labute approximate surface area is 63.5 Å². The molecule has 0 radical (unpaired) electrons. The van der Waals surface area contributed by atoms with Gasteiger partial charge >= 0.3 is 0 Å². The van der Waals surface area contributed by atoms with E-state index >= 15 is 0 Å². The maximum atomic E-state index is 4.06. The van der Waals surface area contributed by atoms with E-state index in [1.807, 2.05) is 7.05 Å². The van der Waals surface area contributed by atoms with Crippen LogP contribution in [0.4, 0.5) is 0 Å². The molecule has 10 heavy (non-hydrogen) atoms. The molecule has 0 aromatic heterocycles. The van der Waals surface area contributed by atoms with Crippen LogP contribution in [-0.4, -0.2) is 13.6 Å². The minimum atomic E-state index is 0.826. The van der Waals surface area contributed by atoms with E-state index in [0.29, 0.717) is 0 Å². The standard InChI is InChI=1S/C9H17N/c1-8(7-10-2)9-5-3-4-6-9/h9-10H,1,3-7H2,2H3. The molecule has 0 aromatic rings. The molecule has 1 aliphatic carbocycles. The summed E-state index contributed by atoms with van der Waals surface area (Å²) in [5.74, 6) is 0.826. The van der Waals surface area contributed by atoms with E-state index in [9.17, 15) is 0 Å². The average molecular weight is 139 g/mol. The summed E-state index contributed by atoms with van der Waals surface area (Å²) in [5, 5.41) is 3.14. The van der Waals surface area contributed by atoms with E-state index in [0.717, 1.165) is 12.5 Å². The molecule has 0 heterocycles. The van der Waals surface area contributed by atoms with Crippen molar-refractivity contribution in [3.63, 3.8) is 0 Å². The highest BCUT2D eigenvalue weighted by molar-refractivity contribution is 5.04. The van der Waals surface area contributed by atoms with Crippen LogP contribution in [0.25, 0.3) is 0 Å². The zero-order valence-electron chi connectivity index (χ0n) is 6.82. The molecule has 0 bridgehead atoms. The maximum Gasteiger partial charge on any atom is 0.0161 e. The summed E-state index contributed by atoms with van der Waals surface area (Å²) < 4.78 is 0. The summed E-state index contributed by atoms with van der Waals surface area (Å²) >= 11 is 0. The lowest BCUT2D eigenvalue weighted by atomic mass is 9.99. The SMILES string of the molecule is C=C(CNC)C1CCCC1.